The van der Waals surface area contributed by atoms with Crippen molar-refractivity contribution >= 4 is 5.97 Å². The Kier molecular flexibility index (Phi) is 3.24. The molecule has 0 atom stereocenters. The Labute approximate surface area is 107 Å². The van der Waals surface area contributed by atoms with Crippen LogP contribution in [0, 0.1) is 13.8 Å². The average Bonchev–Trinajstić information content (AvgIpc) is 2.76. The van der Waals surface area contributed by atoms with E-state index in [1.165, 1.54) is 11.1 Å². The molecule has 0 radical (unpaired) electrons. The lowest BCUT2D eigenvalue weighted by atomic mass is 10.0. The van der Waals surface area contributed by atoms with Gasteiger partial charge in [-0.15, -0.1) is 0 Å². The fourth-order valence-corrected chi connectivity index (χ4v) is 2.15. The van der Waals surface area contributed by atoms with E-state index in [1.54, 1.807) is 6.07 Å². The number of aromatic nitrogens is 1. The third-order valence-electron chi connectivity index (χ3n) is 3.32. The summed E-state index contributed by atoms with van der Waals surface area (Å²) < 4.78 is 1.83. The summed E-state index contributed by atoms with van der Waals surface area (Å²) in [6.45, 7) is 6.74. The van der Waals surface area contributed by atoms with Gasteiger partial charge < -0.3 is 9.67 Å². The largest absolute Gasteiger partial charge is 0.477 e. The van der Waals surface area contributed by atoms with Gasteiger partial charge in [-0.2, -0.15) is 0 Å². The Hall–Kier alpha value is -2.03. The first-order valence-corrected chi connectivity index (χ1v) is 6.05. The van der Waals surface area contributed by atoms with Crippen LogP contribution >= 0.6 is 0 Å². The van der Waals surface area contributed by atoms with Crippen LogP contribution in [-0.4, -0.2) is 15.6 Å². The van der Waals surface area contributed by atoms with Gasteiger partial charge in [0.25, 0.3) is 0 Å². The molecule has 1 aromatic carbocycles. The van der Waals surface area contributed by atoms with Gasteiger partial charge in [-0.05, 0) is 55.7 Å². The predicted molar refractivity (Wildman–Crippen MR) is 72.0 cm³/mol. The molecule has 3 nitrogen and oxygen atoms in total. The lowest BCUT2D eigenvalue weighted by Gasteiger charge is -2.10. The maximum Gasteiger partial charge on any atom is 0.352 e. The maximum absolute atomic E-state index is 11.1. The third kappa shape index (κ3) is 2.04. The van der Waals surface area contributed by atoms with E-state index < -0.39 is 5.97 Å². The second-order valence-corrected chi connectivity index (χ2v) is 4.45. The van der Waals surface area contributed by atoms with Crippen LogP contribution in [0.2, 0.25) is 0 Å². The second kappa shape index (κ2) is 4.69. The fraction of sp³-hybridized carbons (Fsp3) is 0.267. The summed E-state index contributed by atoms with van der Waals surface area (Å²) >= 11 is 0. The highest BCUT2D eigenvalue weighted by Gasteiger charge is 2.13. The molecule has 1 heterocycles. The van der Waals surface area contributed by atoms with Gasteiger partial charge in [0.15, 0.2) is 0 Å². The molecule has 0 saturated heterocycles. The van der Waals surface area contributed by atoms with E-state index in [0.717, 1.165) is 11.3 Å². The first-order chi connectivity index (χ1) is 8.54. The molecule has 0 unspecified atom stereocenters. The standard InChI is InChI=1S/C15H17NO2/c1-4-16-13(7-8-14(16)15(17)18)12-6-5-10(2)11(3)9-12/h5-9H,4H2,1-3H3,(H,17,18). The van der Waals surface area contributed by atoms with Crippen LogP contribution in [0.25, 0.3) is 11.3 Å². The molecule has 0 fully saturated rings. The molecule has 94 valence electrons. The molecule has 0 amide bonds. The quantitative estimate of drug-likeness (QED) is 0.896. The first kappa shape index (κ1) is 12.4. The van der Waals surface area contributed by atoms with Crippen LogP contribution in [0.4, 0.5) is 0 Å². The molecule has 1 N–H and O–H groups in total. The maximum atomic E-state index is 11.1. The summed E-state index contributed by atoms with van der Waals surface area (Å²) in [7, 11) is 0. The van der Waals surface area contributed by atoms with Gasteiger partial charge in [-0.3, -0.25) is 0 Å². The number of hydrogen-bond donors (Lipinski definition) is 1. The molecule has 3 heteroatoms. The molecule has 2 rings (SSSR count). The van der Waals surface area contributed by atoms with E-state index in [4.69, 9.17) is 5.11 Å². The molecule has 0 aliphatic rings. The van der Waals surface area contributed by atoms with Crippen LogP contribution in [0.5, 0.6) is 0 Å². The normalized spacial score (nSPS) is 10.6. The van der Waals surface area contributed by atoms with Gasteiger partial charge in [0, 0.05) is 12.2 Å². The van der Waals surface area contributed by atoms with Crippen molar-refractivity contribution in [2.45, 2.75) is 27.3 Å². The van der Waals surface area contributed by atoms with Crippen molar-refractivity contribution in [1.82, 2.24) is 4.57 Å². The van der Waals surface area contributed by atoms with Crippen molar-refractivity contribution in [2.75, 3.05) is 0 Å². The number of carbonyl (C=O) groups is 1. The number of carboxylic acids is 1. The second-order valence-electron chi connectivity index (χ2n) is 4.45. The SMILES string of the molecule is CCn1c(C(=O)O)ccc1-c1ccc(C)c(C)c1. The van der Waals surface area contributed by atoms with Crippen molar-refractivity contribution in [3.8, 4) is 11.3 Å². The Morgan fingerprint density at radius 3 is 2.44 bits per heavy atom. The molecular weight excluding hydrogens is 226 g/mol. The zero-order chi connectivity index (χ0) is 13.3. The number of rotatable bonds is 3. The van der Waals surface area contributed by atoms with Crippen LogP contribution < -0.4 is 0 Å². The zero-order valence-electron chi connectivity index (χ0n) is 10.9. The highest BCUT2D eigenvalue weighted by Crippen LogP contribution is 2.25. The van der Waals surface area contributed by atoms with Gasteiger partial charge in [0.05, 0.1) is 0 Å². The van der Waals surface area contributed by atoms with E-state index >= 15 is 0 Å². The minimum atomic E-state index is -0.882. The highest BCUT2D eigenvalue weighted by atomic mass is 16.4. The van der Waals surface area contributed by atoms with E-state index in [1.807, 2.05) is 23.6 Å². The number of benzene rings is 1. The number of carboxylic acid groups (broad SMARTS) is 1. The Bertz CT molecular complexity index is 597. The minimum absolute atomic E-state index is 0.339. The van der Waals surface area contributed by atoms with Crippen LogP contribution in [0.15, 0.2) is 30.3 Å². The van der Waals surface area contributed by atoms with Gasteiger partial charge in [0.1, 0.15) is 5.69 Å². The summed E-state index contributed by atoms with van der Waals surface area (Å²) in [6.07, 6.45) is 0. The third-order valence-corrected chi connectivity index (χ3v) is 3.32. The Morgan fingerprint density at radius 1 is 1.17 bits per heavy atom. The zero-order valence-corrected chi connectivity index (χ0v) is 10.9. The van der Waals surface area contributed by atoms with Crippen molar-refractivity contribution in [3.05, 3.63) is 47.2 Å². The first-order valence-electron chi connectivity index (χ1n) is 6.05. The molecule has 0 aliphatic carbocycles. The summed E-state index contributed by atoms with van der Waals surface area (Å²) in [6, 6.07) is 9.74. The van der Waals surface area contributed by atoms with Crippen LogP contribution in [0.1, 0.15) is 28.5 Å². The molecule has 2 aromatic rings. The number of hydrogen-bond acceptors (Lipinski definition) is 1. The van der Waals surface area contributed by atoms with Crippen molar-refractivity contribution in [2.24, 2.45) is 0 Å². The number of aromatic carboxylic acids is 1. The van der Waals surface area contributed by atoms with Crippen LogP contribution in [0.3, 0.4) is 0 Å². The molecule has 18 heavy (non-hydrogen) atoms. The smallest absolute Gasteiger partial charge is 0.352 e. The lowest BCUT2D eigenvalue weighted by Crippen LogP contribution is -2.08. The summed E-state index contributed by atoms with van der Waals surface area (Å²) in [5, 5.41) is 9.13. The number of nitrogens with zero attached hydrogens (tertiary/aromatic N) is 1. The average molecular weight is 243 g/mol. The predicted octanol–water partition coefficient (Wildman–Crippen LogP) is 3.49. The summed E-state index contributed by atoms with van der Waals surface area (Å²) in [5.74, 6) is -0.882. The van der Waals surface area contributed by atoms with Crippen molar-refractivity contribution in [1.29, 1.82) is 0 Å². The molecule has 0 saturated carbocycles. The van der Waals surface area contributed by atoms with Gasteiger partial charge in [0.2, 0.25) is 0 Å². The van der Waals surface area contributed by atoms with Crippen LogP contribution in [-0.2, 0) is 6.54 Å². The van der Waals surface area contributed by atoms with Crippen molar-refractivity contribution in [3.63, 3.8) is 0 Å². The van der Waals surface area contributed by atoms with Crippen molar-refractivity contribution < 1.29 is 9.90 Å². The lowest BCUT2D eigenvalue weighted by molar-refractivity contribution is 0.0685. The molecule has 1 aromatic heterocycles. The fourth-order valence-electron chi connectivity index (χ4n) is 2.15. The monoisotopic (exact) mass is 243 g/mol. The summed E-state index contributed by atoms with van der Waals surface area (Å²) in [4.78, 5) is 11.1. The van der Waals surface area contributed by atoms with E-state index in [9.17, 15) is 4.79 Å². The molecule has 0 bridgehead atoms. The van der Waals surface area contributed by atoms with Gasteiger partial charge in [-0.1, -0.05) is 12.1 Å². The highest BCUT2D eigenvalue weighted by molar-refractivity contribution is 5.87. The Morgan fingerprint density at radius 2 is 1.89 bits per heavy atom. The number of aryl methyl sites for hydroxylation is 2. The minimum Gasteiger partial charge on any atom is -0.477 e. The van der Waals surface area contributed by atoms with E-state index in [2.05, 4.69) is 26.0 Å². The van der Waals surface area contributed by atoms with E-state index in [-0.39, 0.29) is 0 Å². The topological polar surface area (TPSA) is 42.2 Å². The molecular formula is C15H17NO2. The Balaban J connectivity index is 2.57. The van der Waals surface area contributed by atoms with E-state index in [0.29, 0.717) is 12.2 Å². The molecule has 0 aliphatic heterocycles. The van der Waals surface area contributed by atoms with Gasteiger partial charge >= 0.3 is 5.97 Å². The van der Waals surface area contributed by atoms with Gasteiger partial charge in [-0.25, -0.2) is 4.79 Å². The summed E-state index contributed by atoms with van der Waals surface area (Å²) in [5.41, 5.74) is 4.82. The molecule has 0 spiro atoms.